The highest BCUT2D eigenvalue weighted by atomic mass is 32.1. The number of aliphatic hydroxyl groups is 3. The number of benzene rings is 6. The SMILES string of the molecule is COc1cc2c(cc1OCc1cc(COc3cc4c(cc3OC)C(=O)N3Cc5ccsc5C[C@H]3C(O)N4C(=O)OCc3ccc(O[C@@H]4O[C@H](C)[C@H](OC(C)=O)[C@H](O)[C@H]4OC(C)=O)cc3)cc(CN(C)C)c1)N(C(=O)OCc1ccc(O[C@@H]3O[C@H](OC(C)=O)[C@H](OC(C)=O)[C@H](OC(C)=O)C3OC(C)=O)cc1)C(O)[C@@H]1Cc3ccccc3CN1C2=O. The number of thiophene rings is 1. The zero-order valence-corrected chi connectivity index (χ0v) is 67.5. The number of esters is 6. The number of nitrogens with zero attached hydrogens (tertiary/aromatic N) is 5. The van der Waals surface area contributed by atoms with E-state index in [9.17, 15) is 58.5 Å². The van der Waals surface area contributed by atoms with Crippen molar-refractivity contribution in [3.8, 4) is 34.5 Å². The number of methoxy groups -OCH3 is 2. The molecule has 14 atom stereocenters. The smallest absolute Gasteiger partial charge is 0.416 e. The van der Waals surface area contributed by atoms with E-state index in [4.69, 9.17) is 75.8 Å². The minimum Gasteiger partial charge on any atom is -0.493 e. The van der Waals surface area contributed by atoms with Gasteiger partial charge in [-0.1, -0.05) is 60.7 Å². The summed E-state index contributed by atoms with van der Waals surface area (Å²) in [6.07, 6.45) is -19.5. The molecule has 1 aromatic heterocycles. The monoisotopic (exact) mass is 1660 g/mol. The van der Waals surface area contributed by atoms with Gasteiger partial charge in [0.25, 0.3) is 11.8 Å². The molecule has 6 aliphatic rings. The molecule has 34 nitrogen and oxygen atoms in total. The quantitative estimate of drug-likeness (QED) is 0.0383. The topological polar surface area (TPSA) is 395 Å². The molecule has 7 aromatic rings. The largest absolute Gasteiger partial charge is 0.493 e. The zero-order chi connectivity index (χ0) is 84.9. The van der Waals surface area contributed by atoms with Crippen molar-refractivity contribution in [2.45, 2.75) is 194 Å². The van der Waals surface area contributed by atoms with E-state index in [2.05, 4.69) is 0 Å². The lowest BCUT2D eigenvalue weighted by atomic mass is 9.93. The maximum atomic E-state index is 15.1. The summed E-state index contributed by atoms with van der Waals surface area (Å²) in [5.74, 6) is -5.32. The van der Waals surface area contributed by atoms with Crippen molar-refractivity contribution < 1.29 is 139 Å². The number of hydrogen-bond acceptors (Lipinski definition) is 31. The van der Waals surface area contributed by atoms with Crippen LogP contribution in [0.3, 0.4) is 0 Å². The van der Waals surface area contributed by atoms with Gasteiger partial charge in [-0.15, -0.1) is 11.3 Å². The van der Waals surface area contributed by atoms with Gasteiger partial charge in [0.2, 0.25) is 31.1 Å². The third-order valence-corrected chi connectivity index (χ3v) is 21.4. The Balaban J connectivity index is 0.748. The predicted octanol–water partition coefficient (Wildman–Crippen LogP) is 7.84. The number of aliphatic hydroxyl groups excluding tert-OH is 3. The highest BCUT2D eigenvalue weighted by Crippen LogP contribution is 2.46. The van der Waals surface area contributed by atoms with Gasteiger partial charge in [0.1, 0.15) is 44.0 Å². The van der Waals surface area contributed by atoms with Crippen molar-refractivity contribution in [2.75, 3.05) is 38.1 Å². The fraction of sp³-hybridized carbons (Fsp3) is 0.405. The lowest BCUT2D eigenvalue weighted by molar-refractivity contribution is -0.328. The first kappa shape index (κ1) is 84.8. The minimum atomic E-state index is -1.71. The van der Waals surface area contributed by atoms with Crippen molar-refractivity contribution in [3.63, 3.8) is 0 Å². The molecule has 3 unspecified atom stereocenters. The fourth-order valence-corrected chi connectivity index (χ4v) is 16.2. The molecule has 0 spiro atoms. The molecule has 35 heteroatoms. The van der Waals surface area contributed by atoms with Crippen LogP contribution in [0.5, 0.6) is 34.5 Å². The molecule has 3 N–H and O–H groups in total. The summed E-state index contributed by atoms with van der Waals surface area (Å²) in [7, 11) is 6.57. The van der Waals surface area contributed by atoms with Crippen LogP contribution >= 0.6 is 11.3 Å². The van der Waals surface area contributed by atoms with E-state index in [1.54, 1.807) is 19.1 Å². The first-order valence-electron chi connectivity index (χ1n) is 37.9. The fourth-order valence-electron chi connectivity index (χ4n) is 15.2. The maximum Gasteiger partial charge on any atom is 0.416 e. The summed E-state index contributed by atoms with van der Waals surface area (Å²) in [5.41, 5.74) is 5.31. The Morgan fingerprint density at radius 3 is 1.39 bits per heavy atom. The minimum absolute atomic E-state index is 0.00294. The number of hydrogen-bond donors (Lipinski definition) is 3. The van der Waals surface area contributed by atoms with E-state index < -0.39 is 153 Å². The summed E-state index contributed by atoms with van der Waals surface area (Å²) in [6.45, 7) is 7.73. The molecule has 119 heavy (non-hydrogen) atoms. The molecular formula is C84H89N5O29S. The lowest BCUT2D eigenvalue weighted by Crippen LogP contribution is -2.63. The summed E-state index contributed by atoms with van der Waals surface area (Å²) in [5, 5.41) is 38.3. The molecule has 2 saturated heterocycles. The Kier molecular flexibility index (Phi) is 25.9. The zero-order valence-electron chi connectivity index (χ0n) is 66.7. The van der Waals surface area contributed by atoms with Crippen molar-refractivity contribution in [3.05, 3.63) is 187 Å². The van der Waals surface area contributed by atoms with Crippen LogP contribution in [0.2, 0.25) is 0 Å². The average molecular weight is 1660 g/mol. The summed E-state index contributed by atoms with van der Waals surface area (Å²) >= 11 is 1.47. The van der Waals surface area contributed by atoms with Crippen LogP contribution in [-0.4, -0.2) is 204 Å². The van der Waals surface area contributed by atoms with Crippen LogP contribution in [0.25, 0.3) is 0 Å². The highest BCUT2D eigenvalue weighted by Gasteiger charge is 2.56. The van der Waals surface area contributed by atoms with E-state index in [1.807, 2.05) is 72.9 Å². The van der Waals surface area contributed by atoms with Gasteiger partial charge in [0, 0.05) is 84.6 Å². The second-order valence-electron chi connectivity index (χ2n) is 29.3. The normalized spacial score (nSPS) is 23.5. The van der Waals surface area contributed by atoms with Gasteiger partial charge in [-0.05, 0) is 126 Å². The average Bonchev–Trinajstić information content (AvgIpc) is 1.62. The molecule has 630 valence electrons. The standard InChI is InChI=1S/C84H89N5O29S/c1-42-71(110-43(2)90)70(96)72(111-44(3)91)80(109-42)116-57-20-16-49(17-21-57)39-108-84(102)89-62-33-68(66(104-11)31-60(62)77(98)87-37-56-24-25-119-69(56)34-64(87)79(89)100)106-41-53-27-51(35-85(8)9)26-52(28-53)40-105-67-32-61-59(30-65(67)103-10)76(97)86-36-55-15-13-12-14-54(55)29-63(86)78(99)88(61)83(101)107-38-50-18-22-58(23-19-50)117-82-75(114-47(6)94)73(112-45(4)92)74(113-46(5)93)81(118-82)115-48(7)95/h12-28,30-33,42,63-64,70-75,78-82,96,99-100H,29,34-41H2,1-11H3/t42-,63+,64+,70+,71+,72-,73+,74-,75?,78?,79?,80+,81+,82-/m1/s1. The third-order valence-electron chi connectivity index (χ3n) is 20.4. The third kappa shape index (κ3) is 19.1. The van der Waals surface area contributed by atoms with E-state index >= 15 is 4.79 Å². The van der Waals surface area contributed by atoms with Crippen molar-refractivity contribution in [1.82, 2.24) is 14.7 Å². The Morgan fingerprint density at radius 1 is 0.462 bits per heavy atom. The number of fused-ring (bicyclic) bond motifs is 6. The van der Waals surface area contributed by atoms with Crippen LogP contribution in [0.1, 0.15) is 119 Å². The van der Waals surface area contributed by atoms with Crippen molar-refractivity contribution >= 4 is 82.5 Å². The Bertz CT molecular complexity index is 5000. The molecular weight excluding hydrogens is 1570 g/mol. The Morgan fingerprint density at radius 2 is 0.899 bits per heavy atom. The summed E-state index contributed by atoms with van der Waals surface area (Å²) < 4.78 is 93.4. The number of rotatable bonds is 24. The second-order valence-corrected chi connectivity index (χ2v) is 30.3. The van der Waals surface area contributed by atoms with Crippen LogP contribution < -0.4 is 38.2 Å². The number of ether oxygens (including phenoxy) is 16. The number of amides is 4. The van der Waals surface area contributed by atoms with E-state index in [-0.39, 0.29) is 103 Å². The highest BCUT2D eigenvalue weighted by molar-refractivity contribution is 7.10. The molecule has 6 aromatic carbocycles. The number of carbonyl (C=O) groups is 10. The molecule has 0 bridgehead atoms. The maximum absolute atomic E-state index is 15.1. The van der Waals surface area contributed by atoms with Gasteiger partial charge in [-0.3, -0.25) is 43.1 Å². The molecule has 0 aliphatic carbocycles. The van der Waals surface area contributed by atoms with Gasteiger partial charge in [0.05, 0.1) is 54.9 Å². The number of anilines is 2. The lowest BCUT2D eigenvalue weighted by Gasteiger charge is -2.43. The summed E-state index contributed by atoms with van der Waals surface area (Å²) in [6, 6.07) is 31.0. The summed E-state index contributed by atoms with van der Waals surface area (Å²) in [4.78, 5) is 141. The van der Waals surface area contributed by atoms with Gasteiger partial charge in [-0.25, -0.2) is 19.4 Å². The predicted molar refractivity (Wildman–Crippen MR) is 414 cm³/mol. The molecule has 4 amide bonds. The Hall–Kier alpha value is -12.1. The van der Waals surface area contributed by atoms with Crippen LogP contribution in [-0.2, 0) is 135 Å². The van der Waals surface area contributed by atoms with Crippen LogP contribution in [0, 0.1) is 0 Å². The molecule has 7 heterocycles. The van der Waals surface area contributed by atoms with Crippen molar-refractivity contribution in [1.29, 1.82) is 0 Å². The number of carbonyl (C=O) groups excluding carboxylic acids is 10. The molecule has 13 rings (SSSR count). The first-order chi connectivity index (χ1) is 56.9. The van der Waals surface area contributed by atoms with Crippen LogP contribution in [0.15, 0.2) is 127 Å². The first-order valence-corrected chi connectivity index (χ1v) is 38.8. The van der Waals surface area contributed by atoms with Gasteiger partial charge in [0.15, 0.2) is 53.8 Å². The van der Waals surface area contributed by atoms with E-state index in [0.717, 1.165) is 71.5 Å². The van der Waals surface area contributed by atoms with E-state index in [0.29, 0.717) is 28.8 Å². The second kappa shape index (κ2) is 36.4. The van der Waals surface area contributed by atoms with Crippen molar-refractivity contribution in [2.24, 2.45) is 0 Å². The molecule has 0 radical (unpaired) electrons. The van der Waals surface area contributed by atoms with Gasteiger partial charge < -0.3 is 101 Å². The van der Waals surface area contributed by atoms with Gasteiger partial charge >= 0.3 is 48.0 Å². The van der Waals surface area contributed by atoms with E-state index in [1.165, 1.54) is 103 Å². The molecule has 0 saturated carbocycles. The molecule has 6 aliphatic heterocycles. The van der Waals surface area contributed by atoms with Crippen LogP contribution in [0.4, 0.5) is 21.0 Å². The molecule has 2 fully saturated rings. The van der Waals surface area contributed by atoms with Gasteiger partial charge in [-0.2, -0.15) is 0 Å². The Labute approximate surface area is 686 Å².